The van der Waals surface area contributed by atoms with Gasteiger partial charge < -0.3 is 4.74 Å². The van der Waals surface area contributed by atoms with E-state index in [1.807, 2.05) is 13.0 Å². The summed E-state index contributed by atoms with van der Waals surface area (Å²) in [6.45, 7) is 4.45. The van der Waals surface area contributed by atoms with Crippen molar-refractivity contribution < 1.29 is 13.2 Å². The summed E-state index contributed by atoms with van der Waals surface area (Å²) in [5, 5.41) is 8.87. The van der Waals surface area contributed by atoms with Crippen LogP contribution in [0.1, 0.15) is 24.5 Å². The van der Waals surface area contributed by atoms with Crippen LogP contribution in [0.15, 0.2) is 23.1 Å². The second-order valence-electron chi connectivity index (χ2n) is 5.06. The summed E-state index contributed by atoms with van der Waals surface area (Å²) in [5.41, 5.74) is 0.376. The van der Waals surface area contributed by atoms with Crippen molar-refractivity contribution in [2.75, 3.05) is 13.2 Å². The maximum Gasteiger partial charge on any atom is 0.241 e. The number of hydrogen-bond acceptors (Lipinski definition) is 4. The molecule has 1 aliphatic rings. The smallest absolute Gasteiger partial charge is 0.241 e. The fourth-order valence-corrected chi connectivity index (χ4v) is 3.78. The largest absolute Gasteiger partial charge is 0.379 e. The highest BCUT2D eigenvalue weighted by molar-refractivity contribution is 7.89. The first-order valence-electron chi connectivity index (χ1n) is 5.99. The van der Waals surface area contributed by atoms with E-state index in [2.05, 4.69) is 4.72 Å². The molecule has 1 fully saturated rings. The van der Waals surface area contributed by atoms with Crippen LogP contribution in [-0.2, 0) is 14.8 Å². The maximum absolute atomic E-state index is 12.4. The number of rotatable bonds is 3. The van der Waals surface area contributed by atoms with E-state index in [-0.39, 0.29) is 4.90 Å². The summed E-state index contributed by atoms with van der Waals surface area (Å²) in [6, 6.07) is 6.60. The molecule has 1 aliphatic heterocycles. The number of nitrogens with zero attached hydrogens (tertiary/aromatic N) is 1. The number of aryl methyl sites for hydroxylation is 1. The van der Waals surface area contributed by atoms with Crippen molar-refractivity contribution in [2.24, 2.45) is 0 Å². The molecule has 0 bridgehead atoms. The fourth-order valence-electron chi connectivity index (χ4n) is 2.09. The lowest BCUT2D eigenvalue weighted by Gasteiger charge is -2.23. The number of nitriles is 1. The van der Waals surface area contributed by atoms with Gasteiger partial charge in [0.25, 0.3) is 0 Å². The number of sulfonamides is 1. The van der Waals surface area contributed by atoms with Crippen LogP contribution in [0.4, 0.5) is 0 Å². The van der Waals surface area contributed by atoms with Crippen molar-refractivity contribution in [3.8, 4) is 6.07 Å². The Morgan fingerprint density at radius 3 is 2.79 bits per heavy atom. The van der Waals surface area contributed by atoms with Crippen molar-refractivity contribution in [2.45, 2.75) is 30.7 Å². The Balaban J connectivity index is 2.37. The van der Waals surface area contributed by atoms with Gasteiger partial charge in [-0.3, -0.25) is 0 Å². The van der Waals surface area contributed by atoms with E-state index < -0.39 is 15.6 Å². The van der Waals surface area contributed by atoms with Gasteiger partial charge in [-0.15, -0.1) is 0 Å². The molecule has 0 radical (unpaired) electrons. The summed E-state index contributed by atoms with van der Waals surface area (Å²) < 4.78 is 32.7. The molecule has 0 aromatic heterocycles. The second-order valence-corrected chi connectivity index (χ2v) is 6.71. The minimum Gasteiger partial charge on any atom is -0.379 e. The topological polar surface area (TPSA) is 79.2 Å². The Hall–Kier alpha value is -1.42. The molecule has 1 saturated heterocycles. The van der Waals surface area contributed by atoms with E-state index in [4.69, 9.17) is 10.00 Å². The molecule has 1 aromatic rings. The SMILES string of the molecule is Cc1ccc(C#N)cc1S(=O)(=O)NC1(C)CCOC1. The van der Waals surface area contributed by atoms with E-state index in [1.54, 1.807) is 19.1 Å². The zero-order valence-corrected chi connectivity index (χ0v) is 11.8. The summed E-state index contributed by atoms with van der Waals surface area (Å²) in [7, 11) is -3.65. The van der Waals surface area contributed by atoms with Gasteiger partial charge >= 0.3 is 0 Å². The van der Waals surface area contributed by atoms with Gasteiger partial charge in [0, 0.05) is 6.61 Å². The molecule has 0 aliphatic carbocycles. The standard InChI is InChI=1S/C13H16N2O3S/c1-10-3-4-11(8-14)7-12(10)19(16,17)15-13(2)5-6-18-9-13/h3-4,7,15H,5-6,9H2,1-2H3. The molecular formula is C13H16N2O3S. The van der Waals surface area contributed by atoms with Gasteiger partial charge in [0.05, 0.1) is 28.7 Å². The van der Waals surface area contributed by atoms with Crippen LogP contribution in [0.2, 0.25) is 0 Å². The van der Waals surface area contributed by atoms with Crippen LogP contribution in [0, 0.1) is 18.3 Å². The fraction of sp³-hybridized carbons (Fsp3) is 0.462. The molecule has 2 rings (SSSR count). The van der Waals surface area contributed by atoms with Gasteiger partial charge in [-0.2, -0.15) is 5.26 Å². The van der Waals surface area contributed by atoms with Gasteiger partial charge in [0.1, 0.15) is 0 Å². The van der Waals surface area contributed by atoms with Gasteiger partial charge in [0.2, 0.25) is 10.0 Å². The number of ether oxygens (including phenoxy) is 1. The molecule has 0 saturated carbocycles. The normalized spacial score (nSPS) is 23.2. The third kappa shape index (κ3) is 2.95. The Morgan fingerprint density at radius 2 is 2.21 bits per heavy atom. The number of hydrogen-bond donors (Lipinski definition) is 1. The zero-order valence-electron chi connectivity index (χ0n) is 10.9. The molecular weight excluding hydrogens is 264 g/mol. The van der Waals surface area contributed by atoms with Crippen LogP contribution in [0.25, 0.3) is 0 Å². The number of nitrogens with one attached hydrogen (secondary N) is 1. The lowest BCUT2D eigenvalue weighted by Crippen LogP contribution is -2.46. The predicted molar refractivity (Wildman–Crippen MR) is 70.1 cm³/mol. The summed E-state index contributed by atoms with van der Waals surface area (Å²) in [5.74, 6) is 0. The zero-order chi connectivity index (χ0) is 14.1. The van der Waals surface area contributed by atoms with Crippen LogP contribution >= 0.6 is 0 Å². The molecule has 1 atom stereocenters. The van der Waals surface area contributed by atoms with Crippen LogP contribution in [0.5, 0.6) is 0 Å². The summed E-state index contributed by atoms with van der Waals surface area (Å²) in [6.07, 6.45) is 0.642. The Labute approximate surface area is 113 Å². The van der Waals surface area contributed by atoms with Crippen LogP contribution in [0.3, 0.4) is 0 Å². The van der Waals surface area contributed by atoms with Gasteiger partial charge in [-0.1, -0.05) is 6.07 Å². The minimum atomic E-state index is -3.65. The second kappa shape index (κ2) is 4.93. The average Bonchev–Trinajstić information content (AvgIpc) is 2.75. The molecule has 5 nitrogen and oxygen atoms in total. The Morgan fingerprint density at radius 1 is 1.47 bits per heavy atom. The predicted octanol–water partition coefficient (Wildman–Crippen LogP) is 1.32. The van der Waals surface area contributed by atoms with E-state index in [0.717, 1.165) is 0 Å². The van der Waals surface area contributed by atoms with Crippen molar-refractivity contribution in [1.82, 2.24) is 4.72 Å². The van der Waals surface area contributed by atoms with E-state index in [9.17, 15) is 8.42 Å². The summed E-state index contributed by atoms with van der Waals surface area (Å²) in [4.78, 5) is 0.152. The Kier molecular flexibility index (Phi) is 3.63. The molecule has 1 heterocycles. The first kappa shape index (κ1) is 14.0. The van der Waals surface area contributed by atoms with Gasteiger partial charge in [0.15, 0.2) is 0 Å². The molecule has 1 aromatic carbocycles. The van der Waals surface area contributed by atoms with Crippen molar-refractivity contribution in [3.05, 3.63) is 29.3 Å². The van der Waals surface area contributed by atoms with Crippen molar-refractivity contribution in [3.63, 3.8) is 0 Å². The van der Waals surface area contributed by atoms with Gasteiger partial charge in [-0.05, 0) is 38.0 Å². The quantitative estimate of drug-likeness (QED) is 0.905. The maximum atomic E-state index is 12.4. The van der Waals surface area contributed by atoms with Crippen LogP contribution < -0.4 is 4.72 Å². The van der Waals surface area contributed by atoms with Gasteiger partial charge in [-0.25, -0.2) is 13.1 Å². The molecule has 102 valence electrons. The lowest BCUT2D eigenvalue weighted by atomic mass is 10.0. The third-order valence-corrected chi connectivity index (χ3v) is 4.99. The van der Waals surface area contributed by atoms with Crippen molar-refractivity contribution in [1.29, 1.82) is 5.26 Å². The number of benzene rings is 1. The molecule has 1 N–H and O–H groups in total. The molecule has 19 heavy (non-hydrogen) atoms. The molecule has 0 amide bonds. The highest BCUT2D eigenvalue weighted by Crippen LogP contribution is 2.23. The molecule has 1 unspecified atom stereocenters. The van der Waals surface area contributed by atoms with E-state index in [0.29, 0.717) is 30.8 Å². The highest BCUT2D eigenvalue weighted by atomic mass is 32.2. The Bertz CT molecular complexity index is 626. The first-order chi connectivity index (χ1) is 8.86. The lowest BCUT2D eigenvalue weighted by molar-refractivity contribution is 0.178. The van der Waals surface area contributed by atoms with E-state index in [1.165, 1.54) is 6.07 Å². The monoisotopic (exact) mass is 280 g/mol. The summed E-state index contributed by atoms with van der Waals surface area (Å²) >= 11 is 0. The minimum absolute atomic E-state index is 0.152. The van der Waals surface area contributed by atoms with Crippen molar-refractivity contribution >= 4 is 10.0 Å². The highest BCUT2D eigenvalue weighted by Gasteiger charge is 2.35. The van der Waals surface area contributed by atoms with Crippen LogP contribution in [-0.4, -0.2) is 27.2 Å². The average molecular weight is 280 g/mol. The third-order valence-electron chi connectivity index (χ3n) is 3.21. The van der Waals surface area contributed by atoms with E-state index >= 15 is 0 Å². The molecule has 6 heteroatoms. The first-order valence-corrected chi connectivity index (χ1v) is 7.47. The molecule has 0 spiro atoms.